The zero-order chi connectivity index (χ0) is 23.3. The van der Waals surface area contributed by atoms with Crippen LogP contribution in [0.3, 0.4) is 0 Å². The molecule has 0 bridgehead atoms. The highest BCUT2D eigenvalue weighted by Crippen LogP contribution is 2.15. The van der Waals surface area contributed by atoms with Gasteiger partial charge in [-0.15, -0.1) is 0 Å². The van der Waals surface area contributed by atoms with E-state index in [1.165, 1.54) is 6.92 Å². The van der Waals surface area contributed by atoms with Crippen molar-refractivity contribution in [2.45, 2.75) is 45.8 Å². The van der Waals surface area contributed by atoms with E-state index in [2.05, 4.69) is 29.6 Å². The molecule has 1 aliphatic heterocycles. The molecule has 1 rings (SSSR count). The number of piperidine rings is 1. The van der Waals surface area contributed by atoms with Crippen LogP contribution in [0.4, 0.5) is 0 Å². The van der Waals surface area contributed by atoms with Crippen molar-refractivity contribution in [1.29, 1.82) is 0 Å². The highest BCUT2D eigenvalue weighted by Gasteiger charge is 2.20. The number of nitrogens with zero attached hydrogens (tertiary/aromatic N) is 1. The largest absolute Gasteiger partial charge is 0.378 e. The first-order valence-electron chi connectivity index (χ1n) is 11.8. The molecule has 1 heterocycles. The second-order valence-electron chi connectivity index (χ2n) is 7.87. The average molecular weight is 464 g/mol. The number of carbonyl (C=O) groups is 1. The van der Waals surface area contributed by atoms with Crippen LogP contribution in [0.25, 0.3) is 0 Å². The van der Waals surface area contributed by atoms with Gasteiger partial charge in [0.05, 0.1) is 78.8 Å². The van der Waals surface area contributed by atoms with E-state index in [9.17, 15) is 4.79 Å². The van der Waals surface area contributed by atoms with Gasteiger partial charge < -0.3 is 33.3 Å². The number of ether oxygens (including phenoxy) is 6. The summed E-state index contributed by atoms with van der Waals surface area (Å²) >= 11 is 0. The fraction of sp³-hybridized carbons (Fsp3) is 0.955. The number of nitrogens with one attached hydrogen (secondary N) is 2. The third kappa shape index (κ3) is 17.7. The molecule has 0 saturated carbocycles. The minimum absolute atomic E-state index is 0.124. The predicted molar refractivity (Wildman–Crippen MR) is 122 cm³/mol. The SMILES string of the molecule is CC(=O)NNCCOCCOCCOCCOCCOCCOC1CCN(C(C)C)CC1. The van der Waals surface area contributed by atoms with Crippen LogP contribution in [-0.2, 0) is 33.2 Å². The summed E-state index contributed by atoms with van der Waals surface area (Å²) in [6.45, 7) is 14.8. The summed E-state index contributed by atoms with van der Waals surface area (Å²) < 4.78 is 33.1. The van der Waals surface area contributed by atoms with Crippen LogP contribution in [0.1, 0.15) is 33.6 Å². The van der Waals surface area contributed by atoms with Gasteiger partial charge in [0.25, 0.3) is 0 Å². The van der Waals surface area contributed by atoms with Gasteiger partial charge in [-0.05, 0) is 26.7 Å². The summed E-state index contributed by atoms with van der Waals surface area (Å²) in [6, 6.07) is 0.626. The van der Waals surface area contributed by atoms with Gasteiger partial charge in [-0.2, -0.15) is 0 Å². The van der Waals surface area contributed by atoms with Crippen LogP contribution in [-0.4, -0.2) is 115 Å². The van der Waals surface area contributed by atoms with Crippen LogP contribution in [0, 0.1) is 0 Å². The molecule has 1 amide bonds. The van der Waals surface area contributed by atoms with E-state index >= 15 is 0 Å². The van der Waals surface area contributed by atoms with E-state index < -0.39 is 0 Å². The third-order valence-electron chi connectivity index (χ3n) is 4.91. The molecule has 0 aromatic heterocycles. The number of hydrazine groups is 1. The Morgan fingerprint density at radius 3 is 1.66 bits per heavy atom. The Morgan fingerprint density at radius 2 is 1.22 bits per heavy atom. The Balaban J connectivity index is 1.69. The molecule has 190 valence electrons. The topological polar surface area (TPSA) is 99.8 Å². The fourth-order valence-corrected chi connectivity index (χ4v) is 3.12. The third-order valence-corrected chi connectivity index (χ3v) is 4.91. The van der Waals surface area contributed by atoms with Gasteiger partial charge in [-0.1, -0.05) is 0 Å². The number of amides is 1. The lowest BCUT2D eigenvalue weighted by atomic mass is 10.1. The van der Waals surface area contributed by atoms with Gasteiger partial charge in [0, 0.05) is 32.6 Å². The molecule has 1 fully saturated rings. The molecule has 0 aromatic carbocycles. The number of carbonyl (C=O) groups excluding carboxylic acids is 1. The van der Waals surface area contributed by atoms with Crippen molar-refractivity contribution >= 4 is 5.91 Å². The summed E-state index contributed by atoms with van der Waals surface area (Å²) in [5.74, 6) is -0.124. The standard InChI is InChI=1S/C22H45N3O7/c1-20(2)25-7-4-22(5-8-25)32-19-18-31-17-16-30-15-14-29-13-12-28-11-10-27-9-6-23-24-21(3)26/h20,22-23H,4-19H2,1-3H3,(H,24,26). The van der Waals surface area contributed by atoms with Crippen LogP contribution < -0.4 is 10.9 Å². The van der Waals surface area contributed by atoms with Crippen molar-refractivity contribution in [3.05, 3.63) is 0 Å². The number of hydrogen-bond acceptors (Lipinski definition) is 9. The van der Waals surface area contributed by atoms with Gasteiger partial charge in [0.2, 0.25) is 5.91 Å². The molecule has 1 aliphatic rings. The van der Waals surface area contributed by atoms with Crippen molar-refractivity contribution in [2.24, 2.45) is 0 Å². The Morgan fingerprint density at radius 1 is 0.781 bits per heavy atom. The average Bonchev–Trinajstić information content (AvgIpc) is 2.77. The molecule has 10 nitrogen and oxygen atoms in total. The molecule has 32 heavy (non-hydrogen) atoms. The molecule has 0 unspecified atom stereocenters. The first kappa shape index (κ1) is 29.2. The Labute approximate surface area is 193 Å². The minimum atomic E-state index is -0.124. The van der Waals surface area contributed by atoms with Crippen molar-refractivity contribution in [1.82, 2.24) is 15.8 Å². The van der Waals surface area contributed by atoms with E-state index in [1.807, 2.05) is 0 Å². The van der Waals surface area contributed by atoms with E-state index in [0.29, 0.717) is 91.4 Å². The lowest BCUT2D eigenvalue weighted by molar-refractivity contribution is -0.120. The second kappa shape index (κ2) is 20.7. The zero-order valence-electron chi connectivity index (χ0n) is 20.3. The van der Waals surface area contributed by atoms with E-state index in [4.69, 9.17) is 28.4 Å². The maximum absolute atomic E-state index is 10.6. The monoisotopic (exact) mass is 463 g/mol. The van der Waals surface area contributed by atoms with Gasteiger partial charge in [-0.3, -0.25) is 10.2 Å². The van der Waals surface area contributed by atoms with Gasteiger partial charge in [-0.25, -0.2) is 5.43 Å². The lowest BCUT2D eigenvalue weighted by Crippen LogP contribution is -2.41. The quantitative estimate of drug-likeness (QED) is 0.187. The van der Waals surface area contributed by atoms with E-state index in [-0.39, 0.29) is 5.91 Å². The highest BCUT2D eigenvalue weighted by molar-refractivity contribution is 5.72. The summed E-state index contributed by atoms with van der Waals surface area (Å²) in [5, 5.41) is 0. The number of hydrogen-bond donors (Lipinski definition) is 2. The van der Waals surface area contributed by atoms with Crippen molar-refractivity contribution < 1.29 is 33.2 Å². The Hall–Kier alpha value is -0.850. The van der Waals surface area contributed by atoms with Crippen LogP contribution in [0.15, 0.2) is 0 Å². The van der Waals surface area contributed by atoms with Crippen molar-refractivity contribution in [3.63, 3.8) is 0 Å². The first-order chi connectivity index (χ1) is 15.6. The molecule has 0 aliphatic carbocycles. The molecule has 0 aromatic rings. The highest BCUT2D eigenvalue weighted by atomic mass is 16.6. The molecular weight excluding hydrogens is 418 g/mol. The molecular formula is C22H45N3O7. The van der Waals surface area contributed by atoms with E-state index in [0.717, 1.165) is 25.9 Å². The number of rotatable bonds is 21. The number of likely N-dealkylation sites (tertiary alicyclic amines) is 1. The van der Waals surface area contributed by atoms with Gasteiger partial charge in [0.1, 0.15) is 0 Å². The van der Waals surface area contributed by atoms with Gasteiger partial charge in [0.15, 0.2) is 0 Å². The normalized spacial score (nSPS) is 15.5. The van der Waals surface area contributed by atoms with Crippen molar-refractivity contribution in [3.8, 4) is 0 Å². The van der Waals surface area contributed by atoms with Crippen LogP contribution in [0.5, 0.6) is 0 Å². The van der Waals surface area contributed by atoms with Gasteiger partial charge >= 0.3 is 0 Å². The second-order valence-corrected chi connectivity index (χ2v) is 7.87. The molecule has 10 heteroatoms. The van der Waals surface area contributed by atoms with Crippen LogP contribution >= 0.6 is 0 Å². The van der Waals surface area contributed by atoms with E-state index in [1.54, 1.807) is 0 Å². The Kier molecular flexibility index (Phi) is 18.9. The molecule has 2 N–H and O–H groups in total. The molecule has 0 atom stereocenters. The summed E-state index contributed by atoms with van der Waals surface area (Å²) in [4.78, 5) is 13.1. The van der Waals surface area contributed by atoms with Crippen LogP contribution in [0.2, 0.25) is 0 Å². The Bertz CT molecular complexity index is 436. The molecule has 1 saturated heterocycles. The summed E-state index contributed by atoms with van der Waals surface area (Å²) in [5.41, 5.74) is 5.22. The first-order valence-corrected chi connectivity index (χ1v) is 11.8. The maximum atomic E-state index is 10.6. The summed E-state index contributed by atoms with van der Waals surface area (Å²) in [7, 11) is 0. The lowest BCUT2D eigenvalue weighted by Gasteiger charge is -2.34. The summed E-state index contributed by atoms with van der Waals surface area (Å²) in [6.07, 6.45) is 2.59. The maximum Gasteiger partial charge on any atom is 0.230 e. The molecule has 0 spiro atoms. The minimum Gasteiger partial charge on any atom is -0.378 e. The zero-order valence-corrected chi connectivity index (χ0v) is 20.3. The predicted octanol–water partition coefficient (Wildman–Crippen LogP) is 0.600. The molecule has 0 radical (unpaired) electrons. The smallest absolute Gasteiger partial charge is 0.230 e. The van der Waals surface area contributed by atoms with Crippen molar-refractivity contribution in [2.75, 3.05) is 92.3 Å². The fourth-order valence-electron chi connectivity index (χ4n) is 3.12.